The van der Waals surface area contributed by atoms with Crippen molar-refractivity contribution in [3.8, 4) is 0 Å². The molecule has 0 bridgehead atoms. The number of nitrogens with zero attached hydrogens (tertiary/aromatic N) is 2. The van der Waals surface area contributed by atoms with E-state index in [-0.39, 0.29) is 5.91 Å². The Kier molecular flexibility index (Phi) is 4.15. The van der Waals surface area contributed by atoms with Crippen LogP contribution in [0, 0.1) is 6.92 Å². The van der Waals surface area contributed by atoms with Crippen molar-refractivity contribution in [2.45, 2.75) is 19.9 Å². The fourth-order valence-corrected chi connectivity index (χ4v) is 1.99. The predicted molar refractivity (Wildman–Crippen MR) is 74.4 cm³/mol. The Bertz CT molecular complexity index is 551. The molecule has 0 aliphatic heterocycles. The molecule has 1 heterocycles. The van der Waals surface area contributed by atoms with E-state index < -0.39 is 0 Å². The quantitative estimate of drug-likeness (QED) is 0.944. The predicted octanol–water partition coefficient (Wildman–Crippen LogP) is 2.98. The number of hydrogen-bond donors (Lipinski definition) is 1. The highest BCUT2D eigenvalue weighted by Gasteiger charge is 2.03. The van der Waals surface area contributed by atoms with Crippen LogP contribution in [0.1, 0.15) is 12.0 Å². The summed E-state index contributed by atoms with van der Waals surface area (Å²) in [5.74, 6) is -0.0127. The molecule has 5 heteroatoms. The molecule has 0 saturated carbocycles. The van der Waals surface area contributed by atoms with Crippen molar-refractivity contribution in [3.05, 3.63) is 46.7 Å². The van der Waals surface area contributed by atoms with Gasteiger partial charge in [-0.2, -0.15) is 5.10 Å². The molecule has 0 aliphatic carbocycles. The molecule has 0 radical (unpaired) electrons. The van der Waals surface area contributed by atoms with Crippen molar-refractivity contribution in [2.75, 3.05) is 5.32 Å². The van der Waals surface area contributed by atoms with Crippen LogP contribution in [0.2, 0.25) is 0 Å². The molecule has 94 valence electrons. The molecular weight excluding hydrogens is 294 g/mol. The molecule has 0 fully saturated rings. The van der Waals surface area contributed by atoms with Gasteiger partial charge in [-0.1, -0.05) is 22.0 Å². The van der Waals surface area contributed by atoms with Crippen molar-refractivity contribution in [3.63, 3.8) is 0 Å². The fourth-order valence-electron chi connectivity index (χ4n) is 1.60. The molecule has 0 atom stereocenters. The van der Waals surface area contributed by atoms with E-state index >= 15 is 0 Å². The smallest absolute Gasteiger partial charge is 0.226 e. The minimum absolute atomic E-state index is 0.0127. The number of carbonyl (C=O) groups excluding carboxylic acids is 1. The molecule has 0 saturated heterocycles. The van der Waals surface area contributed by atoms with Gasteiger partial charge in [0.25, 0.3) is 0 Å². The van der Waals surface area contributed by atoms with Crippen LogP contribution in [0.25, 0.3) is 0 Å². The molecule has 4 nitrogen and oxygen atoms in total. The monoisotopic (exact) mass is 307 g/mol. The maximum atomic E-state index is 11.7. The first-order valence-corrected chi connectivity index (χ1v) is 6.47. The first kappa shape index (κ1) is 12.8. The molecule has 1 N–H and O–H groups in total. The van der Waals surface area contributed by atoms with Crippen LogP contribution in [0.3, 0.4) is 0 Å². The number of carbonyl (C=O) groups is 1. The van der Waals surface area contributed by atoms with Gasteiger partial charge in [0.1, 0.15) is 0 Å². The topological polar surface area (TPSA) is 46.9 Å². The average molecular weight is 308 g/mol. The molecule has 2 rings (SSSR count). The number of aryl methyl sites for hydroxylation is 2. The number of amides is 1. The molecule has 0 unspecified atom stereocenters. The Balaban J connectivity index is 1.85. The minimum Gasteiger partial charge on any atom is -0.326 e. The Labute approximate surface area is 114 Å². The lowest BCUT2D eigenvalue weighted by molar-refractivity contribution is -0.116. The lowest BCUT2D eigenvalue weighted by Gasteiger charge is -2.05. The lowest BCUT2D eigenvalue weighted by atomic mass is 10.3. The van der Waals surface area contributed by atoms with Gasteiger partial charge in [0.05, 0.1) is 6.20 Å². The number of halogens is 1. The van der Waals surface area contributed by atoms with E-state index in [0.717, 1.165) is 15.7 Å². The van der Waals surface area contributed by atoms with E-state index in [9.17, 15) is 4.79 Å². The summed E-state index contributed by atoms with van der Waals surface area (Å²) in [5.41, 5.74) is 1.90. The SMILES string of the molecule is Cc1cnn(CCC(=O)Nc2cccc(Br)c2)c1. The first-order valence-electron chi connectivity index (χ1n) is 5.68. The molecule has 0 spiro atoms. The molecule has 2 aromatic rings. The minimum atomic E-state index is -0.0127. The third kappa shape index (κ3) is 3.70. The summed E-state index contributed by atoms with van der Waals surface area (Å²) in [6, 6.07) is 7.54. The summed E-state index contributed by atoms with van der Waals surface area (Å²) in [5, 5.41) is 6.99. The molecule has 1 aromatic heterocycles. The van der Waals surface area contributed by atoms with Crippen LogP contribution in [0.4, 0.5) is 5.69 Å². The van der Waals surface area contributed by atoms with Gasteiger partial charge < -0.3 is 5.32 Å². The van der Waals surface area contributed by atoms with Crippen molar-refractivity contribution in [1.82, 2.24) is 9.78 Å². The van der Waals surface area contributed by atoms with E-state index in [1.54, 1.807) is 10.9 Å². The summed E-state index contributed by atoms with van der Waals surface area (Å²) in [4.78, 5) is 11.7. The summed E-state index contributed by atoms with van der Waals surface area (Å²) in [6.45, 7) is 2.57. The summed E-state index contributed by atoms with van der Waals surface area (Å²) in [6.07, 6.45) is 4.12. The van der Waals surface area contributed by atoms with Crippen molar-refractivity contribution < 1.29 is 4.79 Å². The number of rotatable bonds is 4. The molecule has 1 aromatic carbocycles. The lowest BCUT2D eigenvalue weighted by Crippen LogP contribution is -2.14. The van der Waals surface area contributed by atoms with E-state index in [2.05, 4.69) is 26.3 Å². The largest absolute Gasteiger partial charge is 0.326 e. The highest BCUT2D eigenvalue weighted by atomic mass is 79.9. The summed E-state index contributed by atoms with van der Waals surface area (Å²) < 4.78 is 2.72. The van der Waals surface area contributed by atoms with Gasteiger partial charge in [-0.05, 0) is 30.7 Å². The van der Waals surface area contributed by atoms with Crippen molar-refractivity contribution in [2.24, 2.45) is 0 Å². The number of hydrogen-bond acceptors (Lipinski definition) is 2. The summed E-state index contributed by atoms with van der Waals surface area (Å²) >= 11 is 3.37. The normalized spacial score (nSPS) is 10.3. The van der Waals surface area contributed by atoms with E-state index in [1.807, 2.05) is 37.4 Å². The van der Waals surface area contributed by atoms with Crippen molar-refractivity contribution >= 4 is 27.5 Å². The van der Waals surface area contributed by atoms with E-state index in [1.165, 1.54) is 0 Å². The van der Waals surface area contributed by atoms with Crippen LogP contribution in [-0.2, 0) is 11.3 Å². The summed E-state index contributed by atoms with van der Waals surface area (Å²) in [7, 11) is 0. The highest BCUT2D eigenvalue weighted by Crippen LogP contribution is 2.15. The first-order chi connectivity index (χ1) is 8.63. The van der Waals surface area contributed by atoms with Gasteiger partial charge in [-0.25, -0.2) is 0 Å². The zero-order chi connectivity index (χ0) is 13.0. The molecular formula is C13H14BrN3O. The Morgan fingerprint density at radius 1 is 1.50 bits per heavy atom. The zero-order valence-corrected chi connectivity index (χ0v) is 11.6. The number of nitrogens with one attached hydrogen (secondary N) is 1. The standard InChI is InChI=1S/C13H14BrN3O/c1-10-8-15-17(9-10)6-5-13(18)16-12-4-2-3-11(14)7-12/h2-4,7-9H,5-6H2,1H3,(H,16,18). The molecule has 18 heavy (non-hydrogen) atoms. The van der Waals surface area contributed by atoms with Gasteiger partial charge in [0.2, 0.25) is 5.91 Å². The Hall–Kier alpha value is -1.62. The van der Waals surface area contributed by atoms with Gasteiger partial charge in [-0.3, -0.25) is 9.48 Å². The van der Waals surface area contributed by atoms with Gasteiger partial charge in [0.15, 0.2) is 0 Å². The fraction of sp³-hybridized carbons (Fsp3) is 0.231. The van der Waals surface area contributed by atoms with Crippen LogP contribution in [0.5, 0.6) is 0 Å². The second-order valence-electron chi connectivity index (χ2n) is 4.09. The maximum Gasteiger partial charge on any atom is 0.226 e. The number of anilines is 1. The second-order valence-corrected chi connectivity index (χ2v) is 5.00. The third-order valence-electron chi connectivity index (χ3n) is 2.44. The van der Waals surface area contributed by atoms with Crippen LogP contribution >= 0.6 is 15.9 Å². The average Bonchev–Trinajstić information content (AvgIpc) is 2.73. The van der Waals surface area contributed by atoms with Crippen LogP contribution in [0.15, 0.2) is 41.1 Å². The number of aromatic nitrogens is 2. The van der Waals surface area contributed by atoms with Crippen LogP contribution < -0.4 is 5.32 Å². The Morgan fingerprint density at radius 2 is 2.33 bits per heavy atom. The van der Waals surface area contributed by atoms with Crippen LogP contribution in [-0.4, -0.2) is 15.7 Å². The zero-order valence-electron chi connectivity index (χ0n) is 10.1. The third-order valence-corrected chi connectivity index (χ3v) is 2.93. The van der Waals surface area contributed by atoms with Crippen molar-refractivity contribution in [1.29, 1.82) is 0 Å². The number of benzene rings is 1. The van der Waals surface area contributed by atoms with E-state index in [0.29, 0.717) is 13.0 Å². The maximum absolute atomic E-state index is 11.7. The van der Waals surface area contributed by atoms with Gasteiger partial charge in [0, 0.05) is 29.3 Å². The van der Waals surface area contributed by atoms with Gasteiger partial charge >= 0.3 is 0 Å². The van der Waals surface area contributed by atoms with E-state index in [4.69, 9.17) is 0 Å². The second kappa shape index (κ2) is 5.82. The Morgan fingerprint density at radius 3 is 3.00 bits per heavy atom. The molecule has 1 amide bonds. The molecule has 0 aliphatic rings. The van der Waals surface area contributed by atoms with Gasteiger partial charge in [-0.15, -0.1) is 0 Å². The highest BCUT2D eigenvalue weighted by molar-refractivity contribution is 9.10.